The first kappa shape index (κ1) is 52.4. The molecule has 0 fully saturated rings. The summed E-state index contributed by atoms with van der Waals surface area (Å²) in [5, 5.41) is 0. The molecule has 5 heavy (non-hydrogen) atoms. The fourth-order valence-corrected chi connectivity index (χ4v) is 0. The van der Waals surface area contributed by atoms with Crippen molar-refractivity contribution >= 4 is 17.6 Å². The van der Waals surface area contributed by atoms with E-state index in [2.05, 4.69) is 0 Å². The molecule has 0 amide bonds. The second-order valence-electron chi connectivity index (χ2n) is 0. The summed E-state index contributed by atoms with van der Waals surface area (Å²) in [6.07, 6.45) is 0. The second-order valence-corrected chi connectivity index (χ2v) is 0. The molecular weight excluding hydrogens is 257 g/mol. The van der Waals surface area contributed by atoms with Gasteiger partial charge in [-0.2, -0.15) is 0 Å². The molecule has 1 nitrogen and oxygen atoms in total. The molecule has 0 aromatic heterocycles. The molecule has 0 unspecified atom stereocenters. The van der Waals surface area contributed by atoms with Crippen molar-refractivity contribution in [2.45, 2.75) is 0 Å². The molecular formula is GeLiMoOZn+5. The van der Waals surface area contributed by atoms with Gasteiger partial charge in [0.05, 0.1) is 0 Å². The van der Waals surface area contributed by atoms with Crippen molar-refractivity contribution < 1.29 is 64.9 Å². The third-order valence-corrected chi connectivity index (χ3v) is 0. The van der Waals surface area contributed by atoms with Crippen molar-refractivity contribution in [2.24, 2.45) is 0 Å². The summed E-state index contributed by atoms with van der Waals surface area (Å²) in [7, 11) is 0. The Hall–Kier alpha value is 2.41. The van der Waals surface area contributed by atoms with E-state index in [1.165, 1.54) is 0 Å². The average molecular weight is 257 g/mol. The third kappa shape index (κ3) is 21.5. The SMILES string of the molecule is [Ge].[Li+].[Mo+4].[O-2].[Zn+2]. The van der Waals surface area contributed by atoms with Gasteiger partial charge in [-0.25, -0.2) is 0 Å². The molecule has 0 aliphatic heterocycles. The van der Waals surface area contributed by atoms with Crippen LogP contribution >= 0.6 is 0 Å². The molecule has 0 aromatic carbocycles. The van der Waals surface area contributed by atoms with Crippen LogP contribution in [0.1, 0.15) is 0 Å². The Morgan fingerprint density at radius 2 is 1.00 bits per heavy atom. The summed E-state index contributed by atoms with van der Waals surface area (Å²) in [5.41, 5.74) is 0. The van der Waals surface area contributed by atoms with Gasteiger partial charge < -0.3 is 5.48 Å². The minimum atomic E-state index is 0. The van der Waals surface area contributed by atoms with Crippen LogP contribution in [0, 0.1) is 0 Å². The monoisotopic (exact) mass is 259 g/mol. The van der Waals surface area contributed by atoms with E-state index in [0.29, 0.717) is 0 Å². The molecule has 0 heterocycles. The summed E-state index contributed by atoms with van der Waals surface area (Å²) < 4.78 is 0. The van der Waals surface area contributed by atoms with Gasteiger partial charge in [-0.15, -0.1) is 0 Å². The van der Waals surface area contributed by atoms with Crippen LogP contribution in [0.2, 0.25) is 0 Å². The van der Waals surface area contributed by atoms with Gasteiger partial charge in [-0.05, 0) is 0 Å². The van der Waals surface area contributed by atoms with Gasteiger partial charge in [0.1, 0.15) is 0 Å². The minimum absolute atomic E-state index is 0. The maximum absolute atomic E-state index is 0. The standard InChI is InChI=1S/Ge.Li.Mo.O.Zn/q;+1;+4;-2;+2. The molecule has 0 aliphatic carbocycles. The van der Waals surface area contributed by atoms with Crippen LogP contribution in [0.5, 0.6) is 0 Å². The van der Waals surface area contributed by atoms with Crippen LogP contribution in [0.3, 0.4) is 0 Å². The van der Waals surface area contributed by atoms with E-state index in [1.54, 1.807) is 0 Å². The van der Waals surface area contributed by atoms with Crippen molar-refractivity contribution in [1.29, 1.82) is 0 Å². The largest absolute Gasteiger partial charge is 4.00 e. The summed E-state index contributed by atoms with van der Waals surface area (Å²) >= 11 is 0. The van der Waals surface area contributed by atoms with E-state index in [9.17, 15) is 0 Å². The fourth-order valence-electron chi connectivity index (χ4n) is 0. The molecule has 0 spiro atoms. The Morgan fingerprint density at radius 3 is 1.00 bits per heavy atom. The van der Waals surface area contributed by atoms with Crippen LogP contribution in [-0.4, -0.2) is 17.6 Å². The van der Waals surface area contributed by atoms with Crippen molar-refractivity contribution in [2.75, 3.05) is 0 Å². The molecule has 0 atom stereocenters. The zero-order chi connectivity index (χ0) is 0. The van der Waals surface area contributed by atoms with E-state index in [-0.39, 0.29) is 82.5 Å². The molecule has 14 valence electrons. The van der Waals surface area contributed by atoms with Crippen molar-refractivity contribution in [3.05, 3.63) is 0 Å². The van der Waals surface area contributed by atoms with Crippen LogP contribution < -0.4 is 18.9 Å². The number of hydrogen-bond donors (Lipinski definition) is 0. The zero-order valence-electron chi connectivity index (χ0n) is 3.02. The van der Waals surface area contributed by atoms with Crippen molar-refractivity contribution in [3.8, 4) is 0 Å². The van der Waals surface area contributed by atoms with Gasteiger partial charge in [0.2, 0.25) is 0 Å². The molecule has 5 heteroatoms. The number of hydrogen-bond acceptors (Lipinski definition) is 0. The van der Waals surface area contributed by atoms with E-state index >= 15 is 0 Å². The molecule has 0 saturated carbocycles. The molecule has 0 aliphatic rings. The second kappa shape index (κ2) is 32.3. The summed E-state index contributed by atoms with van der Waals surface area (Å²) in [5.74, 6) is 0. The molecule has 0 saturated heterocycles. The van der Waals surface area contributed by atoms with Gasteiger partial charge >= 0.3 is 59.4 Å². The minimum Gasteiger partial charge on any atom is -2.00 e. The Labute approximate surface area is 81.5 Å². The normalized spacial score (nSPS) is 0. The Morgan fingerprint density at radius 1 is 1.00 bits per heavy atom. The van der Waals surface area contributed by atoms with Gasteiger partial charge in [-0.1, -0.05) is 0 Å². The first-order valence-corrected chi connectivity index (χ1v) is 0. The van der Waals surface area contributed by atoms with E-state index in [4.69, 9.17) is 0 Å². The summed E-state index contributed by atoms with van der Waals surface area (Å²) in [6.45, 7) is 0. The van der Waals surface area contributed by atoms with Crippen LogP contribution in [-0.2, 0) is 46.0 Å². The average Bonchev–Trinajstić information content (AvgIpc) is 0. The van der Waals surface area contributed by atoms with Gasteiger partial charge in [0.15, 0.2) is 0 Å². The molecule has 0 N–H and O–H groups in total. The van der Waals surface area contributed by atoms with Crippen LogP contribution in [0.4, 0.5) is 0 Å². The Kier molecular flexibility index (Phi) is 338. The smallest absolute Gasteiger partial charge is 2.00 e. The molecule has 0 rings (SSSR count). The fraction of sp³-hybridized carbons (Fsp3) is 0. The van der Waals surface area contributed by atoms with E-state index < -0.39 is 0 Å². The van der Waals surface area contributed by atoms with Crippen LogP contribution in [0.15, 0.2) is 0 Å². The maximum Gasteiger partial charge on any atom is 4.00 e. The summed E-state index contributed by atoms with van der Waals surface area (Å²) in [6, 6.07) is 0. The zero-order valence-corrected chi connectivity index (χ0v) is 10.1. The molecule has 0 aromatic rings. The Bertz CT molecular complexity index is 11.6. The van der Waals surface area contributed by atoms with Gasteiger partial charge in [0, 0.05) is 17.6 Å². The number of rotatable bonds is 0. The molecule has 0 bridgehead atoms. The first-order valence-electron chi connectivity index (χ1n) is 0. The topological polar surface area (TPSA) is 28.5 Å². The van der Waals surface area contributed by atoms with Crippen molar-refractivity contribution in [3.63, 3.8) is 0 Å². The molecule has 4 radical (unpaired) electrons. The maximum atomic E-state index is 0. The Balaban J connectivity index is 0. The van der Waals surface area contributed by atoms with Gasteiger partial charge in [0.25, 0.3) is 0 Å². The van der Waals surface area contributed by atoms with E-state index in [0.717, 1.165) is 0 Å². The van der Waals surface area contributed by atoms with Gasteiger partial charge in [-0.3, -0.25) is 0 Å². The third-order valence-electron chi connectivity index (χ3n) is 0. The van der Waals surface area contributed by atoms with Crippen LogP contribution in [0.25, 0.3) is 0 Å². The van der Waals surface area contributed by atoms with Crippen molar-refractivity contribution in [1.82, 2.24) is 0 Å². The predicted molar refractivity (Wildman–Crippen MR) is 6.44 cm³/mol. The quantitative estimate of drug-likeness (QED) is 0.403. The summed E-state index contributed by atoms with van der Waals surface area (Å²) in [4.78, 5) is 0. The van der Waals surface area contributed by atoms with E-state index in [1.807, 2.05) is 0 Å². The predicted octanol–water partition coefficient (Wildman–Crippen LogP) is -3.50. The first-order chi connectivity index (χ1) is 0.